The third-order valence-electron chi connectivity index (χ3n) is 2.32. The molecular weight excluding hydrogens is 273 g/mol. The van der Waals surface area contributed by atoms with E-state index in [4.69, 9.17) is 5.11 Å². The third kappa shape index (κ3) is 2.08. The number of anilines is 1. The molecule has 0 saturated carbocycles. The number of carboxylic acids is 1. The molecular formula is C10H11N3O2Se. The van der Waals surface area contributed by atoms with Gasteiger partial charge in [-0.25, -0.2) is 0 Å². The quantitative estimate of drug-likeness (QED) is 0.846. The first-order valence-corrected chi connectivity index (χ1v) is 6.46. The molecule has 5 nitrogen and oxygen atoms in total. The zero-order valence-electron chi connectivity index (χ0n) is 8.67. The molecule has 2 rings (SSSR count). The van der Waals surface area contributed by atoms with Gasteiger partial charge in [0.25, 0.3) is 0 Å². The van der Waals surface area contributed by atoms with Gasteiger partial charge in [0.1, 0.15) is 0 Å². The Morgan fingerprint density at radius 2 is 2.38 bits per heavy atom. The molecule has 0 saturated heterocycles. The van der Waals surface area contributed by atoms with Crippen LogP contribution in [0.5, 0.6) is 0 Å². The molecule has 1 unspecified atom stereocenters. The van der Waals surface area contributed by atoms with Crippen LogP contribution in [-0.2, 0) is 4.79 Å². The van der Waals surface area contributed by atoms with Crippen LogP contribution in [0.2, 0.25) is 0 Å². The molecule has 0 bridgehead atoms. The van der Waals surface area contributed by atoms with Crippen molar-refractivity contribution in [1.29, 1.82) is 0 Å². The summed E-state index contributed by atoms with van der Waals surface area (Å²) in [4.78, 5) is 10.9. The molecule has 1 atom stereocenters. The van der Waals surface area contributed by atoms with Crippen LogP contribution in [0.1, 0.15) is 13.3 Å². The van der Waals surface area contributed by atoms with Crippen LogP contribution in [0.3, 0.4) is 0 Å². The van der Waals surface area contributed by atoms with Crippen molar-refractivity contribution in [3.63, 3.8) is 0 Å². The SMILES string of the molecule is CCC(Nc1cccc2c1N=[Se]=N2)C(=O)O. The molecule has 0 spiro atoms. The van der Waals surface area contributed by atoms with Gasteiger partial charge in [-0.1, -0.05) is 0 Å². The van der Waals surface area contributed by atoms with Crippen molar-refractivity contribution < 1.29 is 9.90 Å². The molecule has 0 aliphatic carbocycles. The Morgan fingerprint density at radius 1 is 1.56 bits per heavy atom. The Morgan fingerprint density at radius 3 is 3.06 bits per heavy atom. The minimum atomic E-state index is -0.847. The van der Waals surface area contributed by atoms with Crippen molar-refractivity contribution in [3.8, 4) is 0 Å². The minimum absolute atomic E-state index is 0.0922. The second kappa shape index (κ2) is 4.63. The van der Waals surface area contributed by atoms with Crippen LogP contribution in [0.4, 0.5) is 17.1 Å². The summed E-state index contributed by atoms with van der Waals surface area (Å²) in [6.45, 7) is 1.83. The molecule has 16 heavy (non-hydrogen) atoms. The first kappa shape index (κ1) is 11.1. The van der Waals surface area contributed by atoms with Gasteiger partial charge in [0.2, 0.25) is 0 Å². The molecule has 0 aromatic heterocycles. The van der Waals surface area contributed by atoms with E-state index in [1.807, 2.05) is 25.1 Å². The predicted octanol–water partition coefficient (Wildman–Crippen LogP) is 2.31. The molecule has 84 valence electrons. The number of fused-ring (bicyclic) bond motifs is 1. The van der Waals surface area contributed by atoms with Crippen LogP contribution in [0.25, 0.3) is 0 Å². The maximum atomic E-state index is 10.9. The first-order valence-electron chi connectivity index (χ1n) is 4.93. The normalized spacial score (nSPS) is 14.1. The summed E-state index contributed by atoms with van der Waals surface area (Å²) in [7, 11) is 0. The molecule has 0 fully saturated rings. The fourth-order valence-corrected chi connectivity index (χ4v) is 2.60. The van der Waals surface area contributed by atoms with Crippen molar-refractivity contribution in [2.75, 3.05) is 5.32 Å². The van der Waals surface area contributed by atoms with Crippen LogP contribution in [0.15, 0.2) is 26.1 Å². The summed E-state index contributed by atoms with van der Waals surface area (Å²) in [5.74, 6) is -0.847. The van der Waals surface area contributed by atoms with Crippen molar-refractivity contribution in [3.05, 3.63) is 18.2 Å². The van der Waals surface area contributed by atoms with Crippen molar-refractivity contribution in [1.82, 2.24) is 0 Å². The molecule has 2 N–H and O–H groups in total. The van der Waals surface area contributed by atoms with Gasteiger partial charge in [0.15, 0.2) is 0 Å². The van der Waals surface area contributed by atoms with E-state index >= 15 is 0 Å². The van der Waals surface area contributed by atoms with Crippen LogP contribution in [0, 0.1) is 0 Å². The number of carboxylic acid groups (broad SMARTS) is 1. The number of rotatable bonds is 4. The molecule has 0 amide bonds. The second-order valence-electron chi connectivity index (χ2n) is 3.38. The zero-order valence-corrected chi connectivity index (χ0v) is 10.4. The summed E-state index contributed by atoms with van der Waals surface area (Å²) in [6, 6.07) is 5.01. The molecule has 1 aromatic rings. The molecule has 0 radical (unpaired) electrons. The van der Waals surface area contributed by atoms with Gasteiger partial charge in [-0.05, 0) is 0 Å². The number of hydrogen-bond acceptors (Lipinski definition) is 4. The fourth-order valence-electron chi connectivity index (χ4n) is 1.45. The van der Waals surface area contributed by atoms with E-state index < -0.39 is 12.0 Å². The number of aliphatic carboxylic acids is 1. The predicted molar refractivity (Wildman–Crippen MR) is 61.7 cm³/mol. The summed E-state index contributed by atoms with van der Waals surface area (Å²) in [5.41, 5.74) is 2.40. The van der Waals surface area contributed by atoms with Gasteiger partial charge >= 0.3 is 98.3 Å². The van der Waals surface area contributed by atoms with Gasteiger partial charge in [-0.2, -0.15) is 0 Å². The van der Waals surface area contributed by atoms with Gasteiger partial charge in [-0.15, -0.1) is 0 Å². The van der Waals surface area contributed by atoms with Crippen molar-refractivity contribution in [2.24, 2.45) is 7.92 Å². The van der Waals surface area contributed by atoms with Crippen LogP contribution in [-0.4, -0.2) is 31.7 Å². The summed E-state index contributed by atoms with van der Waals surface area (Å²) < 4.78 is 8.53. The van der Waals surface area contributed by atoms with Crippen molar-refractivity contribution >= 4 is 37.6 Å². The topological polar surface area (TPSA) is 74.0 Å². The first-order chi connectivity index (χ1) is 7.72. The number of hydrogen-bond donors (Lipinski definition) is 2. The third-order valence-corrected chi connectivity index (χ3v) is 3.46. The average Bonchev–Trinajstić information content (AvgIpc) is 2.73. The summed E-state index contributed by atoms with van der Waals surface area (Å²) >= 11 is -0.0922. The average molecular weight is 284 g/mol. The van der Waals surface area contributed by atoms with E-state index in [9.17, 15) is 4.79 Å². The standard InChI is InChI=1S/C10H11N3O2Se/c1-2-6(10(14)15)11-7-4-3-5-8-9(7)13-16-12-8/h3-6,11H,2H2,1H3,(H,14,15). The number of nitrogens with one attached hydrogen (secondary N) is 1. The second-order valence-corrected chi connectivity index (χ2v) is 4.49. The Bertz CT molecular complexity index is 495. The molecule has 1 heterocycles. The Labute approximate surface area is 98.6 Å². The van der Waals surface area contributed by atoms with Gasteiger partial charge in [0.05, 0.1) is 0 Å². The number of benzene rings is 1. The molecule has 1 aliphatic heterocycles. The zero-order chi connectivity index (χ0) is 11.5. The Balaban J connectivity index is 2.26. The van der Waals surface area contributed by atoms with E-state index in [0.29, 0.717) is 6.42 Å². The Kier molecular flexibility index (Phi) is 3.22. The molecule has 6 heteroatoms. The maximum absolute atomic E-state index is 10.9. The van der Waals surface area contributed by atoms with E-state index in [-0.39, 0.29) is 14.6 Å². The summed E-state index contributed by atoms with van der Waals surface area (Å²) in [5, 5.41) is 12.0. The van der Waals surface area contributed by atoms with E-state index in [2.05, 4.69) is 13.2 Å². The monoisotopic (exact) mass is 285 g/mol. The van der Waals surface area contributed by atoms with Crippen LogP contribution < -0.4 is 5.32 Å². The molecule has 1 aromatic carbocycles. The van der Waals surface area contributed by atoms with Gasteiger partial charge in [0, 0.05) is 0 Å². The molecule has 1 aliphatic rings. The van der Waals surface area contributed by atoms with E-state index in [1.54, 1.807) is 0 Å². The number of carbonyl (C=O) groups is 1. The van der Waals surface area contributed by atoms with Crippen molar-refractivity contribution in [2.45, 2.75) is 19.4 Å². The number of nitrogens with zero attached hydrogens (tertiary/aromatic N) is 2. The fraction of sp³-hybridized carbons (Fsp3) is 0.300. The van der Waals surface area contributed by atoms with E-state index in [0.717, 1.165) is 17.1 Å². The van der Waals surface area contributed by atoms with Gasteiger partial charge < -0.3 is 0 Å². The Hall–Kier alpha value is -1.39. The van der Waals surface area contributed by atoms with Crippen LogP contribution >= 0.6 is 0 Å². The van der Waals surface area contributed by atoms with E-state index in [1.165, 1.54) is 0 Å². The summed E-state index contributed by atoms with van der Waals surface area (Å²) in [6.07, 6.45) is 0.529. The van der Waals surface area contributed by atoms with Gasteiger partial charge in [-0.3, -0.25) is 0 Å².